The molecule has 3 rings (SSSR count). The monoisotopic (exact) mass is 525 g/mol. The van der Waals surface area contributed by atoms with Gasteiger partial charge in [0, 0.05) is 46.0 Å². The molecule has 0 saturated heterocycles. The third kappa shape index (κ3) is 6.21. The molecule has 35 heavy (non-hydrogen) atoms. The molecular weight excluding hydrogens is 494 g/mol. The number of ether oxygens (including phenoxy) is 1. The molecule has 1 aliphatic heterocycles. The minimum absolute atomic E-state index is 0.0122. The van der Waals surface area contributed by atoms with Crippen molar-refractivity contribution in [2.75, 3.05) is 31.9 Å². The Hall–Kier alpha value is -2.90. The fraction of sp³-hybridized carbons (Fsp3) is 0.455. The highest BCUT2D eigenvalue weighted by atomic mass is 32.2. The summed E-state index contributed by atoms with van der Waals surface area (Å²) in [4.78, 5) is 13.8. The second-order valence-corrected chi connectivity index (χ2v) is 13.2. The fourth-order valence-electron chi connectivity index (χ4n) is 3.39. The Labute approximate surface area is 206 Å². The summed E-state index contributed by atoms with van der Waals surface area (Å²) in [6.07, 6.45) is 3.65. The van der Waals surface area contributed by atoms with Crippen molar-refractivity contribution < 1.29 is 26.4 Å². The molecule has 0 saturated carbocycles. The zero-order valence-corrected chi connectivity index (χ0v) is 22.3. The lowest BCUT2D eigenvalue weighted by Gasteiger charge is -2.29. The molecule has 0 fully saturated rings. The molecule has 1 aromatic carbocycles. The van der Waals surface area contributed by atoms with Crippen LogP contribution in [0, 0.1) is 0 Å². The van der Waals surface area contributed by atoms with E-state index in [0.717, 1.165) is 9.88 Å². The van der Waals surface area contributed by atoms with Gasteiger partial charge < -0.3 is 9.64 Å². The quantitative estimate of drug-likeness (QED) is 0.613. The van der Waals surface area contributed by atoms with Gasteiger partial charge in [-0.1, -0.05) is 6.08 Å². The molecule has 2 aromatic rings. The Bertz CT molecular complexity index is 1340. The highest BCUT2D eigenvalue weighted by Crippen LogP contribution is 2.30. The van der Waals surface area contributed by atoms with E-state index >= 15 is 0 Å². The second kappa shape index (κ2) is 9.63. The van der Waals surface area contributed by atoms with Gasteiger partial charge in [-0.3, -0.25) is 9.40 Å². The van der Waals surface area contributed by atoms with E-state index in [9.17, 15) is 21.6 Å². The van der Waals surface area contributed by atoms with Crippen LogP contribution in [0.4, 0.5) is 10.6 Å². The SMILES string of the molecule is CN(C)S(=O)(=O)c1ccc(S(=O)(=O)Nc2nn(C)cc2C2=CCN(C(=O)OC(C)(C)C)CC2)cc1. The molecule has 0 unspecified atom stereocenters. The summed E-state index contributed by atoms with van der Waals surface area (Å²) >= 11 is 0. The maximum absolute atomic E-state index is 13.0. The number of amides is 1. The first-order valence-electron chi connectivity index (χ1n) is 10.9. The van der Waals surface area contributed by atoms with Gasteiger partial charge in [-0.25, -0.2) is 25.9 Å². The number of rotatable bonds is 6. The van der Waals surface area contributed by atoms with Gasteiger partial charge in [0.1, 0.15) is 5.60 Å². The van der Waals surface area contributed by atoms with Crippen molar-refractivity contribution in [2.45, 2.75) is 42.6 Å². The zero-order chi connectivity index (χ0) is 26.2. The van der Waals surface area contributed by atoms with Gasteiger partial charge in [0.05, 0.1) is 9.79 Å². The molecule has 2 heterocycles. The van der Waals surface area contributed by atoms with Crippen LogP contribution in [0.5, 0.6) is 0 Å². The van der Waals surface area contributed by atoms with Crippen molar-refractivity contribution in [3.63, 3.8) is 0 Å². The Morgan fingerprint density at radius 2 is 1.69 bits per heavy atom. The number of aromatic nitrogens is 2. The first kappa shape index (κ1) is 26.7. The van der Waals surface area contributed by atoms with Gasteiger partial charge in [0.25, 0.3) is 10.0 Å². The van der Waals surface area contributed by atoms with Gasteiger partial charge in [-0.15, -0.1) is 0 Å². The molecule has 0 bridgehead atoms. The van der Waals surface area contributed by atoms with Crippen molar-refractivity contribution >= 4 is 37.5 Å². The lowest BCUT2D eigenvalue weighted by atomic mass is 10.0. The van der Waals surface area contributed by atoms with E-state index in [1.165, 1.54) is 43.0 Å². The van der Waals surface area contributed by atoms with Crippen LogP contribution in [-0.4, -0.2) is 74.7 Å². The van der Waals surface area contributed by atoms with E-state index in [1.54, 1.807) is 38.9 Å². The normalized spacial score (nSPS) is 15.2. The number of hydrogen-bond acceptors (Lipinski definition) is 7. The number of aryl methyl sites for hydroxylation is 1. The molecule has 1 aromatic heterocycles. The Balaban J connectivity index is 1.80. The van der Waals surface area contributed by atoms with Crippen molar-refractivity contribution in [1.29, 1.82) is 0 Å². The van der Waals surface area contributed by atoms with Crippen molar-refractivity contribution in [2.24, 2.45) is 7.05 Å². The van der Waals surface area contributed by atoms with Gasteiger partial charge in [-0.05, 0) is 57.0 Å². The van der Waals surface area contributed by atoms with Gasteiger partial charge in [0.15, 0.2) is 5.82 Å². The summed E-state index contributed by atoms with van der Waals surface area (Å²) < 4.78 is 61.0. The molecule has 0 atom stereocenters. The van der Waals surface area contributed by atoms with Gasteiger partial charge >= 0.3 is 6.09 Å². The van der Waals surface area contributed by atoms with E-state index in [0.29, 0.717) is 25.1 Å². The summed E-state index contributed by atoms with van der Waals surface area (Å²) in [7, 11) is -3.23. The number of nitrogens with one attached hydrogen (secondary N) is 1. The first-order chi connectivity index (χ1) is 16.1. The number of anilines is 1. The smallest absolute Gasteiger partial charge is 0.410 e. The minimum atomic E-state index is -4.03. The average molecular weight is 526 g/mol. The van der Waals surface area contributed by atoms with Gasteiger partial charge in [0.2, 0.25) is 10.0 Å². The average Bonchev–Trinajstić information content (AvgIpc) is 3.11. The summed E-state index contributed by atoms with van der Waals surface area (Å²) in [5.74, 6) is 0.148. The third-order valence-electron chi connectivity index (χ3n) is 5.18. The summed E-state index contributed by atoms with van der Waals surface area (Å²) in [5, 5.41) is 4.26. The first-order valence-corrected chi connectivity index (χ1v) is 13.8. The number of hydrogen-bond donors (Lipinski definition) is 1. The van der Waals surface area contributed by atoms with Gasteiger partial charge in [-0.2, -0.15) is 5.10 Å². The zero-order valence-electron chi connectivity index (χ0n) is 20.6. The largest absolute Gasteiger partial charge is 0.444 e. The number of sulfonamides is 2. The van der Waals surface area contributed by atoms with Crippen LogP contribution in [0.15, 0.2) is 46.3 Å². The molecule has 0 aliphatic carbocycles. The highest BCUT2D eigenvalue weighted by molar-refractivity contribution is 7.92. The summed E-state index contributed by atoms with van der Waals surface area (Å²) in [5.41, 5.74) is 0.861. The lowest BCUT2D eigenvalue weighted by Crippen LogP contribution is -2.39. The van der Waals surface area contributed by atoms with Crippen LogP contribution >= 0.6 is 0 Å². The fourth-order valence-corrected chi connectivity index (χ4v) is 5.31. The molecule has 1 aliphatic rings. The topological polar surface area (TPSA) is 131 Å². The highest BCUT2D eigenvalue weighted by Gasteiger charge is 2.27. The Kier molecular flexibility index (Phi) is 7.34. The third-order valence-corrected chi connectivity index (χ3v) is 8.36. The van der Waals surface area contributed by atoms with E-state index in [-0.39, 0.29) is 15.6 Å². The lowest BCUT2D eigenvalue weighted by molar-refractivity contribution is 0.0270. The van der Waals surface area contributed by atoms with E-state index < -0.39 is 31.7 Å². The van der Waals surface area contributed by atoms with Crippen LogP contribution in [-0.2, 0) is 31.8 Å². The second-order valence-electron chi connectivity index (χ2n) is 9.34. The van der Waals surface area contributed by atoms with Crippen LogP contribution in [0.25, 0.3) is 5.57 Å². The predicted octanol–water partition coefficient (Wildman–Crippen LogP) is 2.50. The predicted molar refractivity (Wildman–Crippen MR) is 132 cm³/mol. The van der Waals surface area contributed by atoms with E-state index in [1.807, 2.05) is 6.08 Å². The number of nitrogens with zero attached hydrogens (tertiary/aromatic N) is 4. The number of benzene rings is 1. The Morgan fingerprint density at radius 1 is 1.09 bits per heavy atom. The minimum Gasteiger partial charge on any atom is -0.444 e. The van der Waals surface area contributed by atoms with Crippen LogP contribution < -0.4 is 4.72 Å². The summed E-state index contributed by atoms with van der Waals surface area (Å²) in [6.45, 7) is 6.16. The van der Waals surface area contributed by atoms with Crippen LogP contribution in [0.2, 0.25) is 0 Å². The summed E-state index contributed by atoms with van der Waals surface area (Å²) in [6, 6.07) is 4.97. The molecular formula is C22H31N5O6S2. The molecule has 192 valence electrons. The molecule has 0 radical (unpaired) electrons. The van der Waals surface area contributed by atoms with E-state index in [4.69, 9.17) is 4.74 Å². The van der Waals surface area contributed by atoms with E-state index in [2.05, 4.69) is 9.82 Å². The molecule has 1 amide bonds. The molecule has 1 N–H and O–H groups in total. The molecule has 0 spiro atoms. The Morgan fingerprint density at radius 3 is 2.20 bits per heavy atom. The molecule has 11 nitrogen and oxygen atoms in total. The molecule has 13 heteroatoms. The van der Waals surface area contributed by atoms with Crippen molar-refractivity contribution in [3.8, 4) is 0 Å². The number of carbonyl (C=O) groups is 1. The maximum atomic E-state index is 13.0. The standard InChI is InChI=1S/C22H31N5O6S2/c1-22(2,3)33-21(28)27-13-11-16(12-14-27)19-15-26(6)23-20(19)24-34(29,30)17-7-9-18(10-8-17)35(31,32)25(4)5/h7-11,15H,12-14H2,1-6H3,(H,23,24). The van der Waals surface area contributed by atoms with Crippen molar-refractivity contribution in [3.05, 3.63) is 42.1 Å². The van der Waals surface area contributed by atoms with Crippen LogP contribution in [0.3, 0.4) is 0 Å². The van der Waals surface area contributed by atoms with Crippen molar-refractivity contribution in [1.82, 2.24) is 19.0 Å². The van der Waals surface area contributed by atoms with Crippen LogP contribution in [0.1, 0.15) is 32.8 Å². The number of carbonyl (C=O) groups excluding carboxylic acids is 1. The maximum Gasteiger partial charge on any atom is 0.410 e.